The second kappa shape index (κ2) is 7.74. The van der Waals surface area contributed by atoms with E-state index in [0.717, 1.165) is 0 Å². The van der Waals surface area contributed by atoms with Crippen molar-refractivity contribution >= 4 is 87.7 Å². The van der Waals surface area contributed by atoms with Gasteiger partial charge in [0.1, 0.15) is 0 Å². The minimum Gasteiger partial charge on any atom is -0.0616 e. The number of fused-ring (bicyclic) bond motifs is 6. The van der Waals surface area contributed by atoms with Crippen LogP contribution in [0.5, 0.6) is 0 Å². The minimum atomic E-state index is 0.0915. The lowest BCUT2D eigenvalue weighted by Gasteiger charge is -2.31. The van der Waals surface area contributed by atoms with Gasteiger partial charge in [0, 0.05) is 0 Å². The van der Waals surface area contributed by atoms with E-state index < -0.39 is 0 Å². The van der Waals surface area contributed by atoms with Crippen LogP contribution in [0.2, 0.25) is 0 Å². The summed E-state index contributed by atoms with van der Waals surface area (Å²) in [7, 11) is 0. The highest BCUT2D eigenvalue weighted by Crippen LogP contribution is 2.41. The van der Waals surface area contributed by atoms with Gasteiger partial charge in [-0.25, -0.2) is 0 Å². The Morgan fingerprint density at radius 1 is 0.317 bits per heavy atom. The van der Waals surface area contributed by atoms with Crippen LogP contribution < -0.4 is 16.4 Å². The first-order valence-corrected chi connectivity index (χ1v) is 14.5. The smallest absolute Gasteiger partial charge is 0.0616 e. The average Bonchev–Trinajstić information content (AvgIpc) is 3.03. The zero-order valence-electron chi connectivity index (χ0n) is 22.4. The first-order chi connectivity index (χ1) is 20.3. The molecule has 0 atom stereocenters. The quantitative estimate of drug-likeness (QED) is 0.117. The Morgan fingerprint density at radius 3 is 1.61 bits per heavy atom. The third-order valence-corrected chi connectivity index (χ3v) is 9.62. The van der Waals surface area contributed by atoms with Crippen molar-refractivity contribution < 1.29 is 0 Å². The molecule has 0 spiro atoms. The maximum absolute atomic E-state index is 2.51. The summed E-state index contributed by atoms with van der Waals surface area (Å²) in [5.41, 5.74) is 6.97. The Hall–Kier alpha value is -5.14. The summed E-state index contributed by atoms with van der Waals surface area (Å²) < 4.78 is 0. The fraction of sp³-hybridized carbons (Fsp3) is 0. The first-order valence-electron chi connectivity index (χ1n) is 14.5. The van der Waals surface area contributed by atoms with Crippen LogP contribution in [-0.4, -0.2) is 6.71 Å². The Morgan fingerprint density at radius 2 is 0.854 bits per heavy atom. The second-order valence-corrected chi connectivity index (χ2v) is 11.6. The standard InChI is InChI=1S/C40H23B/c1-4-13-30-24(8-1)18-21-34-33-20-19-26-17-16-25-11-7-12-29-23-35(38(33)37(26)36(25)29)41(40(30)34)39-31-14-5-2-9-27(31)22-28-10-3-6-15-32(28)39/h1-23H. The van der Waals surface area contributed by atoms with Gasteiger partial charge in [0.25, 0.3) is 0 Å². The van der Waals surface area contributed by atoms with E-state index in [-0.39, 0.29) is 6.71 Å². The van der Waals surface area contributed by atoms with E-state index in [9.17, 15) is 0 Å². The zero-order valence-corrected chi connectivity index (χ0v) is 22.4. The number of hydrogen-bond donors (Lipinski definition) is 0. The van der Waals surface area contributed by atoms with Crippen LogP contribution in [0.1, 0.15) is 0 Å². The van der Waals surface area contributed by atoms with Gasteiger partial charge in [-0.3, -0.25) is 0 Å². The second-order valence-electron chi connectivity index (χ2n) is 11.6. The summed E-state index contributed by atoms with van der Waals surface area (Å²) >= 11 is 0. The zero-order chi connectivity index (χ0) is 26.7. The van der Waals surface area contributed by atoms with E-state index in [0.29, 0.717) is 0 Å². The first kappa shape index (κ1) is 21.7. The molecule has 0 saturated heterocycles. The van der Waals surface area contributed by atoms with Crippen molar-refractivity contribution in [3.05, 3.63) is 140 Å². The molecule has 0 nitrogen and oxygen atoms in total. The maximum atomic E-state index is 2.51. The van der Waals surface area contributed by atoms with Gasteiger partial charge < -0.3 is 0 Å². The van der Waals surface area contributed by atoms with E-state index in [1.54, 1.807) is 0 Å². The van der Waals surface area contributed by atoms with Crippen molar-refractivity contribution in [3.8, 4) is 11.1 Å². The van der Waals surface area contributed by atoms with Crippen LogP contribution in [0.4, 0.5) is 0 Å². The molecule has 1 heterocycles. The predicted molar refractivity (Wildman–Crippen MR) is 179 cm³/mol. The summed E-state index contributed by atoms with van der Waals surface area (Å²) in [6.45, 7) is 0.0915. The van der Waals surface area contributed by atoms with Crippen LogP contribution in [0, 0.1) is 0 Å². The molecule has 1 aliphatic rings. The minimum absolute atomic E-state index is 0.0915. The summed E-state index contributed by atoms with van der Waals surface area (Å²) in [6.07, 6.45) is 0. The van der Waals surface area contributed by atoms with Gasteiger partial charge in [0.2, 0.25) is 6.71 Å². The van der Waals surface area contributed by atoms with Crippen molar-refractivity contribution in [2.45, 2.75) is 0 Å². The Kier molecular flexibility index (Phi) is 4.09. The van der Waals surface area contributed by atoms with Crippen molar-refractivity contribution in [2.75, 3.05) is 0 Å². The summed E-state index contributed by atoms with van der Waals surface area (Å²) in [4.78, 5) is 0. The molecule has 9 aromatic carbocycles. The Bertz CT molecular complexity index is 2480. The molecule has 9 aromatic rings. The lowest BCUT2D eigenvalue weighted by Crippen LogP contribution is -2.55. The van der Waals surface area contributed by atoms with E-state index in [1.807, 2.05) is 0 Å². The summed E-state index contributed by atoms with van der Waals surface area (Å²) in [5, 5.41) is 16.1. The van der Waals surface area contributed by atoms with Crippen LogP contribution in [0.15, 0.2) is 140 Å². The highest BCUT2D eigenvalue weighted by Gasteiger charge is 2.36. The summed E-state index contributed by atoms with van der Waals surface area (Å²) in [5.74, 6) is 0. The maximum Gasteiger partial charge on any atom is 0.245 e. The molecule has 0 radical (unpaired) electrons. The molecule has 0 amide bonds. The van der Waals surface area contributed by atoms with Crippen LogP contribution in [0.25, 0.3) is 75.8 Å². The topological polar surface area (TPSA) is 0 Å². The van der Waals surface area contributed by atoms with E-state index in [2.05, 4.69) is 140 Å². The van der Waals surface area contributed by atoms with Crippen molar-refractivity contribution in [1.82, 2.24) is 0 Å². The van der Waals surface area contributed by atoms with Crippen LogP contribution in [-0.2, 0) is 0 Å². The monoisotopic (exact) mass is 514 g/mol. The van der Waals surface area contributed by atoms with Crippen molar-refractivity contribution in [1.29, 1.82) is 0 Å². The van der Waals surface area contributed by atoms with E-state index in [1.165, 1.54) is 92.2 Å². The molecule has 1 aliphatic heterocycles. The van der Waals surface area contributed by atoms with Crippen LogP contribution in [0.3, 0.4) is 0 Å². The van der Waals surface area contributed by atoms with Gasteiger partial charge in [0.05, 0.1) is 0 Å². The number of benzene rings is 9. The fourth-order valence-electron chi connectivity index (χ4n) is 7.99. The van der Waals surface area contributed by atoms with Crippen molar-refractivity contribution in [3.63, 3.8) is 0 Å². The molecule has 0 N–H and O–H groups in total. The number of rotatable bonds is 1. The van der Waals surface area contributed by atoms with Gasteiger partial charge >= 0.3 is 0 Å². The molecule has 0 unspecified atom stereocenters. The molecule has 0 aromatic heterocycles. The lowest BCUT2D eigenvalue weighted by molar-refractivity contribution is 1.71. The molecule has 0 saturated carbocycles. The van der Waals surface area contributed by atoms with Crippen molar-refractivity contribution in [2.24, 2.45) is 0 Å². The van der Waals surface area contributed by atoms with Gasteiger partial charge in [-0.1, -0.05) is 150 Å². The average molecular weight is 514 g/mol. The molecular weight excluding hydrogens is 491 g/mol. The Balaban J connectivity index is 1.51. The molecular formula is C40H23B. The van der Waals surface area contributed by atoms with E-state index >= 15 is 0 Å². The molecule has 186 valence electrons. The largest absolute Gasteiger partial charge is 0.245 e. The third kappa shape index (κ3) is 2.76. The highest BCUT2D eigenvalue weighted by atomic mass is 14.2. The van der Waals surface area contributed by atoms with Gasteiger partial charge in [-0.2, -0.15) is 0 Å². The normalized spacial score (nSPS) is 12.8. The van der Waals surface area contributed by atoms with Crippen LogP contribution >= 0.6 is 0 Å². The highest BCUT2D eigenvalue weighted by molar-refractivity contribution is 7.02. The number of hydrogen-bond acceptors (Lipinski definition) is 0. The molecule has 0 bridgehead atoms. The van der Waals surface area contributed by atoms with Gasteiger partial charge in [-0.15, -0.1) is 0 Å². The Labute approximate surface area is 237 Å². The third-order valence-electron chi connectivity index (χ3n) is 9.62. The molecule has 10 rings (SSSR count). The predicted octanol–water partition coefficient (Wildman–Crippen LogP) is 8.54. The van der Waals surface area contributed by atoms with Gasteiger partial charge in [-0.05, 0) is 81.8 Å². The SMILES string of the molecule is c1ccc2c3c(ccc2c1)-c1ccc2ccc4cccc5cc(c1c2c45)B3c1c2ccccc2cc2ccccc12. The molecule has 1 heteroatoms. The fourth-order valence-corrected chi connectivity index (χ4v) is 7.99. The molecule has 0 fully saturated rings. The molecule has 0 aliphatic carbocycles. The lowest BCUT2D eigenvalue weighted by atomic mass is 9.32. The van der Waals surface area contributed by atoms with E-state index in [4.69, 9.17) is 0 Å². The molecule has 41 heavy (non-hydrogen) atoms. The van der Waals surface area contributed by atoms with Gasteiger partial charge in [0.15, 0.2) is 0 Å². The summed E-state index contributed by atoms with van der Waals surface area (Å²) in [6, 6.07) is 52.5.